The van der Waals surface area contributed by atoms with Crippen LogP contribution in [-0.4, -0.2) is 58.1 Å². The molecule has 0 amide bonds. The highest BCUT2D eigenvalue weighted by Crippen LogP contribution is 2.33. The molecule has 3 rings (SSSR count). The van der Waals surface area contributed by atoms with Gasteiger partial charge in [0.25, 0.3) is 5.95 Å². The Labute approximate surface area is 215 Å². The number of allylic oxidation sites excluding steroid dienone is 3. The second-order valence-corrected chi connectivity index (χ2v) is 9.75. The van der Waals surface area contributed by atoms with E-state index in [1.807, 2.05) is 57.0 Å². The topological polar surface area (TPSA) is 82.5 Å². The van der Waals surface area contributed by atoms with Gasteiger partial charge in [0.2, 0.25) is 5.95 Å². The Morgan fingerprint density at radius 1 is 1.22 bits per heavy atom. The van der Waals surface area contributed by atoms with Gasteiger partial charge in [0, 0.05) is 42.0 Å². The van der Waals surface area contributed by atoms with Gasteiger partial charge in [-0.05, 0) is 24.6 Å². The number of aromatic amines is 1. The van der Waals surface area contributed by atoms with Gasteiger partial charge in [-0.1, -0.05) is 53.0 Å². The molecule has 0 radical (unpaired) electrons. The molecule has 0 bridgehead atoms. The number of hydrogen-bond acceptors (Lipinski definition) is 7. The summed E-state index contributed by atoms with van der Waals surface area (Å²) in [5.41, 5.74) is 0.424. The maximum Gasteiger partial charge on any atom is 0.430 e. The molecule has 3 heterocycles. The van der Waals surface area contributed by atoms with Gasteiger partial charge in [0.05, 0.1) is 13.2 Å². The number of hydrazone groups is 1. The fourth-order valence-corrected chi connectivity index (χ4v) is 3.53. The molecule has 0 aliphatic carbocycles. The highest BCUT2D eigenvalue weighted by atomic mass is 19.4. The van der Waals surface area contributed by atoms with E-state index >= 15 is 0 Å². The first-order chi connectivity index (χ1) is 17.3. The summed E-state index contributed by atoms with van der Waals surface area (Å²) in [6.45, 7) is 18.2. The van der Waals surface area contributed by atoms with Crippen LogP contribution in [0.1, 0.15) is 57.6 Å². The van der Waals surface area contributed by atoms with Gasteiger partial charge in [-0.2, -0.15) is 33.2 Å². The van der Waals surface area contributed by atoms with Gasteiger partial charge in [-0.25, -0.2) is 5.01 Å². The number of halogens is 3. The minimum absolute atomic E-state index is 0.0272. The van der Waals surface area contributed by atoms with Gasteiger partial charge in [-0.15, -0.1) is 0 Å². The zero-order valence-corrected chi connectivity index (χ0v) is 21.9. The largest absolute Gasteiger partial charge is 0.430 e. The number of ether oxygens (including phenoxy) is 1. The molecule has 1 N–H and O–H groups in total. The molecular formula is C26H34F3N7O. The standard InChI is InChI=1S/C26H34F3N7O/c1-8-9-10-21-20(11-12-30-21)17(2)22-31-23(35-13-15-37-16-14-35)33-24(32-22)36(19(4)25(5,6)7)34-18(3)26(27,28)29/h8-12,17,30H,1,4,13-16H2,2-3,5-7H3/b10-9-,34-18+. The Bertz CT molecular complexity index is 1170. The summed E-state index contributed by atoms with van der Waals surface area (Å²) in [6, 6.07) is 1.92. The lowest BCUT2D eigenvalue weighted by atomic mass is 9.92. The molecule has 11 heteroatoms. The minimum Gasteiger partial charge on any atom is -0.378 e. The quantitative estimate of drug-likeness (QED) is 0.275. The number of nitrogens with one attached hydrogen (secondary N) is 1. The average Bonchev–Trinajstić information content (AvgIpc) is 3.32. The van der Waals surface area contributed by atoms with Gasteiger partial charge in [0.1, 0.15) is 11.5 Å². The van der Waals surface area contributed by atoms with Crippen LogP contribution in [0.5, 0.6) is 0 Å². The van der Waals surface area contributed by atoms with Gasteiger partial charge in [-0.3, -0.25) is 0 Å². The number of alkyl halides is 3. The van der Waals surface area contributed by atoms with E-state index in [9.17, 15) is 13.2 Å². The fourth-order valence-electron chi connectivity index (χ4n) is 3.53. The molecule has 1 aliphatic rings. The van der Waals surface area contributed by atoms with Crippen LogP contribution >= 0.6 is 0 Å². The lowest BCUT2D eigenvalue weighted by molar-refractivity contribution is -0.0594. The summed E-state index contributed by atoms with van der Waals surface area (Å²) in [6.07, 6.45) is 2.55. The van der Waals surface area contributed by atoms with Crippen molar-refractivity contribution in [2.24, 2.45) is 10.5 Å². The van der Waals surface area contributed by atoms with Crippen LogP contribution in [0.15, 0.2) is 48.4 Å². The summed E-state index contributed by atoms with van der Waals surface area (Å²) >= 11 is 0. The van der Waals surface area contributed by atoms with Crippen LogP contribution in [0, 0.1) is 5.41 Å². The molecule has 0 saturated carbocycles. The first-order valence-corrected chi connectivity index (χ1v) is 12.0. The lowest BCUT2D eigenvalue weighted by Gasteiger charge is -2.31. The Balaban J connectivity index is 2.20. The van der Waals surface area contributed by atoms with Crippen molar-refractivity contribution < 1.29 is 17.9 Å². The molecule has 1 fully saturated rings. The second-order valence-electron chi connectivity index (χ2n) is 9.75. The molecule has 200 valence electrons. The number of hydrogen-bond donors (Lipinski definition) is 1. The van der Waals surface area contributed by atoms with Crippen molar-refractivity contribution in [3.8, 4) is 0 Å². The van der Waals surface area contributed by atoms with Crippen LogP contribution in [0.2, 0.25) is 0 Å². The molecule has 2 aromatic rings. The number of anilines is 2. The first kappa shape index (κ1) is 28.1. The molecule has 1 saturated heterocycles. The van der Waals surface area contributed by atoms with Crippen LogP contribution in [0.3, 0.4) is 0 Å². The predicted octanol–water partition coefficient (Wildman–Crippen LogP) is 5.69. The van der Waals surface area contributed by atoms with E-state index in [1.54, 1.807) is 6.08 Å². The Hall–Kier alpha value is -3.47. The third-order valence-electron chi connectivity index (χ3n) is 5.96. The summed E-state index contributed by atoms with van der Waals surface area (Å²) < 4.78 is 46.0. The molecule has 0 aromatic carbocycles. The molecule has 8 nitrogen and oxygen atoms in total. The van der Waals surface area contributed by atoms with Gasteiger partial charge < -0.3 is 14.6 Å². The van der Waals surface area contributed by atoms with Crippen LogP contribution in [0.25, 0.3) is 6.08 Å². The molecule has 37 heavy (non-hydrogen) atoms. The van der Waals surface area contributed by atoms with Crippen LogP contribution in [0.4, 0.5) is 25.1 Å². The molecule has 0 spiro atoms. The Morgan fingerprint density at radius 2 is 1.89 bits per heavy atom. The van der Waals surface area contributed by atoms with Gasteiger partial charge in [0.15, 0.2) is 0 Å². The number of H-pyrrole nitrogens is 1. The third-order valence-corrected chi connectivity index (χ3v) is 5.96. The normalized spacial score (nSPS) is 16.2. The minimum atomic E-state index is -4.62. The molecule has 2 aromatic heterocycles. The van der Waals surface area contributed by atoms with Crippen molar-refractivity contribution in [3.63, 3.8) is 0 Å². The zero-order chi connectivity index (χ0) is 27.4. The summed E-state index contributed by atoms with van der Waals surface area (Å²) in [4.78, 5) is 19.0. The number of aromatic nitrogens is 4. The monoisotopic (exact) mass is 517 g/mol. The van der Waals surface area contributed by atoms with Crippen molar-refractivity contribution in [2.45, 2.75) is 46.7 Å². The van der Waals surface area contributed by atoms with E-state index in [1.165, 1.54) is 0 Å². The van der Waals surface area contributed by atoms with Crippen LogP contribution in [-0.2, 0) is 4.74 Å². The van der Waals surface area contributed by atoms with E-state index < -0.39 is 17.3 Å². The summed E-state index contributed by atoms with van der Waals surface area (Å²) in [5, 5.41) is 4.98. The average molecular weight is 518 g/mol. The number of rotatable bonds is 8. The van der Waals surface area contributed by atoms with E-state index in [-0.39, 0.29) is 11.9 Å². The molecule has 1 atom stereocenters. The first-order valence-electron chi connectivity index (χ1n) is 12.0. The molecular weight excluding hydrogens is 483 g/mol. The van der Waals surface area contributed by atoms with E-state index in [2.05, 4.69) is 33.2 Å². The zero-order valence-electron chi connectivity index (χ0n) is 21.9. The lowest BCUT2D eigenvalue weighted by Crippen LogP contribution is -2.38. The van der Waals surface area contributed by atoms with Crippen molar-refractivity contribution in [1.82, 2.24) is 19.9 Å². The summed E-state index contributed by atoms with van der Waals surface area (Å²) in [5.74, 6) is 0.404. The van der Waals surface area contributed by atoms with Crippen molar-refractivity contribution in [2.75, 3.05) is 36.2 Å². The maximum absolute atomic E-state index is 13.5. The predicted molar refractivity (Wildman–Crippen MR) is 141 cm³/mol. The van der Waals surface area contributed by atoms with E-state index in [0.717, 1.165) is 23.2 Å². The molecule has 1 aliphatic heterocycles. The van der Waals surface area contributed by atoms with Crippen molar-refractivity contribution in [3.05, 3.63) is 60.4 Å². The highest BCUT2D eigenvalue weighted by molar-refractivity contribution is 5.88. The van der Waals surface area contributed by atoms with Crippen LogP contribution < -0.4 is 9.91 Å². The molecule has 1 unspecified atom stereocenters. The van der Waals surface area contributed by atoms with Crippen molar-refractivity contribution >= 4 is 23.7 Å². The third kappa shape index (κ3) is 6.85. The van der Waals surface area contributed by atoms with Crippen molar-refractivity contribution in [1.29, 1.82) is 0 Å². The smallest absolute Gasteiger partial charge is 0.378 e. The van der Waals surface area contributed by atoms with Gasteiger partial charge >= 0.3 is 6.18 Å². The highest BCUT2D eigenvalue weighted by Gasteiger charge is 2.35. The number of nitrogens with zero attached hydrogens (tertiary/aromatic N) is 6. The maximum atomic E-state index is 13.5. The van der Waals surface area contributed by atoms with E-state index in [4.69, 9.17) is 9.72 Å². The Kier molecular flexibility index (Phi) is 8.57. The Morgan fingerprint density at radius 3 is 2.49 bits per heavy atom. The fraction of sp³-hybridized carbons (Fsp3) is 0.462. The summed E-state index contributed by atoms with van der Waals surface area (Å²) in [7, 11) is 0. The second kappa shape index (κ2) is 11.3. The number of morpholine rings is 1. The SMILES string of the molecule is C=C/C=C\c1[nH]ccc1C(C)c1nc(N2CCOCC2)nc(N(/N=C(\C)C(F)(F)F)C(=C)C(C)(C)C)n1. The van der Waals surface area contributed by atoms with E-state index in [0.29, 0.717) is 43.8 Å².